The highest BCUT2D eigenvalue weighted by Crippen LogP contribution is 2.27. The Morgan fingerprint density at radius 2 is 2.26 bits per heavy atom. The second kappa shape index (κ2) is 7.26. The van der Waals surface area contributed by atoms with Crippen LogP contribution in [0.5, 0.6) is 0 Å². The Morgan fingerprint density at radius 3 is 2.89 bits per heavy atom. The van der Waals surface area contributed by atoms with Crippen molar-refractivity contribution in [3.63, 3.8) is 0 Å². The van der Waals surface area contributed by atoms with Gasteiger partial charge in [0.1, 0.15) is 0 Å². The zero-order valence-electron chi connectivity index (χ0n) is 10.6. The van der Waals surface area contributed by atoms with Crippen LogP contribution in [0.3, 0.4) is 0 Å². The zero-order valence-corrected chi connectivity index (χ0v) is 13.0. The van der Waals surface area contributed by atoms with E-state index in [1.807, 2.05) is 31.2 Å². The predicted octanol–water partition coefficient (Wildman–Crippen LogP) is 3.27. The largest absolute Gasteiger partial charge is 0.271 e. The van der Waals surface area contributed by atoms with Gasteiger partial charge in [0.15, 0.2) is 0 Å². The molecule has 6 heteroatoms. The first-order valence-electron chi connectivity index (χ1n) is 5.93. The molecule has 0 bridgehead atoms. The average molecular weight is 314 g/mol. The normalized spacial score (nSPS) is 12.6. The van der Waals surface area contributed by atoms with Crippen LogP contribution in [0.15, 0.2) is 34.5 Å². The van der Waals surface area contributed by atoms with E-state index in [2.05, 4.69) is 15.8 Å². The number of hydrogen-bond acceptors (Lipinski definition) is 5. The number of nitrogens with one attached hydrogen (secondary N) is 1. The lowest BCUT2D eigenvalue weighted by Crippen LogP contribution is -2.38. The predicted molar refractivity (Wildman–Crippen MR) is 83.8 cm³/mol. The van der Waals surface area contributed by atoms with Gasteiger partial charge in [0.05, 0.1) is 10.0 Å². The molecule has 0 spiro atoms. The van der Waals surface area contributed by atoms with Crippen LogP contribution in [0.1, 0.15) is 10.7 Å². The van der Waals surface area contributed by atoms with E-state index < -0.39 is 0 Å². The first-order chi connectivity index (χ1) is 9.19. The minimum atomic E-state index is 0.187. The molecule has 0 fully saturated rings. The number of halogens is 1. The lowest BCUT2D eigenvalue weighted by atomic mass is 10.2. The maximum atomic E-state index is 6.13. The van der Waals surface area contributed by atoms with Crippen LogP contribution in [0.25, 0.3) is 0 Å². The van der Waals surface area contributed by atoms with Crippen LogP contribution in [0, 0.1) is 6.92 Å². The van der Waals surface area contributed by atoms with Gasteiger partial charge < -0.3 is 0 Å². The molecule has 1 atom stereocenters. The number of hydrazine groups is 1. The van der Waals surface area contributed by atoms with Gasteiger partial charge in [-0.3, -0.25) is 11.3 Å². The molecule has 102 valence electrons. The molecule has 1 unspecified atom stereocenters. The monoisotopic (exact) mass is 313 g/mol. The second-order valence-electron chi connectivity index (χ2n) is 4.19. The Morgan fingerprint density at radius 1 is 1.47 bits per heavy atom. The summed E-state index contributed by atoms with van der Waals surface area (Å²) in [6.07, 6.45) is 0.840. The summed E-state index contributed by atoms with van der Waals surface area (Å²) in [4.78, 5) is 5.54. The van der Waals surface area contributed by atoms with Crippen LogP contribution in [-0.2, 0) is 6.42 Å². The molecule has 0 saturated carbocycles. The Labute approximate surface area is 126 Å². The number of hydrogen-bond donors (Lipinski definition) is 2. The SMILES string of the molecule is Cc1csc(CC(CSc2ccccc2Cl)NN)n1. The summed E-state index contributed by atoms with van der Waals surface area (Å²) in [7, 11) is 0. The molecule has 0 saturated heterocycles. The molecular formula is C13H16ClN3S2. The molecule has 0 aliphatic heterocycles. The first-order valence-corrected chi connectivity index (χ1v) is 8.18. The van der Waals surface area contributed by atoms with Gasteiger partial charge in [-0.25, -0.2) is 4.98 Å². The number of nitrogens with zero attached hydrogens (tertiary/aromatic N) is 1. The maximum Gasteiger partial charge on any atom is 0.0944 e. The number of rotatable bonds is 6. The highest BCUT2D eigenvalue weighted by atomic mass is 35.5. The molecule has 2 rings (SSSR count). The second-order valence-corrected chi connectivity index (χ2v) is 6.60. The summed E-state index contributed by atoms with van der Waals surface area (Å²) in [6, 6.07) is 8.03. The topological polar surface area (TPSA) is 50.9 Å². The van der Waals surface area contributed by atoms with E-state index in [9.17, 15) is 0 Å². The standard InChI is InChI=1S/C13H16ClN3S2/c1-9-7-19-13(16-9)6-10(17-15)8-18-12-5-3-2-4-11(12)14/h2-5,7,10,17H,6,8,15H2,1H3. The van der Waals surface area contributed by atoms with Gasteiger partial charge >= 0.3 is 0 Å². The Bertz CT molecular complexity index is 530. The molecule has 3 N–H and O–H groups in total. The summed E-state index contributed by atoms with van der Waals surface area (Å²) in [5.41, 5.74) is 3.92. The third-order valence-electron chi connectivity index (χ3n) is 2.60. The molecular weight excluding hydrogens is 298 g/mol. The lowest BCUT2D eigenvalue weighted by molar-refractivity contribution is 0.574. The highest BCUT2D eigenvalue weighted by molar-refractivity contribution is 7.99. The van der Waals surface area contributed by atoms with E-state index in [1.54, 1.807) is 23.1 Å². The van der Waals surface area contributed by atoms with Gasteiger partial charge in [-0.2, -0.15) is 0 Å². The van der Waals surface area contributed by atoms with Crippen molar-refractivity contribution in [3.8, 4) is 0 Å². The van der Waals surface area contributed by atoms with Gasteiger partial charge in [0, 0.05) is 34.2 Å². The molecule has 0 aliphatic rings. The number of thiazole rings is 1. The smallest absolute Gasteiger partial charge is 0.0944 e. The number of aromatic nitrogens is 1. The van der Waals surface area contributed by atoms with Crippen LogP contribution < -0.4 is 11.3 Å². The minimum Gasteiger partial charge on any atom is -0.271 e. The third kappa shape index (κ3) is 4.47. The van der Waals surface area contributed by atoms with E-state index in [0.29, 0.717) is 0 Å². The Kier molecular flexibility index (Phi) is 5.66. The van der Waals surface area contributed by atoms with Crippen LogP contribution in [-0.4, -0.2) is 16.8 Å². The third-order valence-corrected chi connectivity index (χ3v) is 5.27. The highest BCUT2D eigenvalue weighted by Gasteiger charge is 2.11. The average Bonchev–Trinajstić information content (AvgIpc) is 2.81. The lowest BCUT2D eigenvalue weighted by Gasteiger charge is -2.14. The Balaban J connectivity index is 1.91. The summed E-state index contributed by atoms with van der Waals surface area (Å²) in [6.45, 7) is 2.00. The van der Waals surface area contributed by atoms with Gasteiger partial charge in [0.2, 0.25) is 0 Å². The van der Waals surface area contributed by atoms with Gasteiger partial charge in [0.25, 0.3) is 0 Å². The van der Waals surface area contributed by atoms with E-state index in [1.165, 1.54) is 0 Å². The van der Waals surface area contributed by atoms with Gasteiger partial charge in [-0.15, -0.1) is 23.1 Å². The van der Waals surface area contributed by atoms with Gasteiger partial charge in [-0.1, -0.05) is 23.7 Å². The summed E-state index contributed by atoms with van der Waals surface area (Å²) >= 11 is 9.52. The quantitative estimate of drug-likeness (QED) is 0.488. The molecule has 0 radical (unpaired) electrons. The molecule has 3 nitrogen and oxygen atoms in total. The number of benzene rings is 1. The Hall–Kier alpha value is -0.590. The molecule has 1 aromatic carbocycles. The fourth-order valence-corrected chi connectivity index (χ4v) is 3.75. The van der Waals surface area contributed by atoms with Crippen molar-refractivity contribution in [1.82, 2.24) is 10.4 Å². The van der Waals surface area contributed by atoms with Crippen molar-refractivity contribution in [2.24, 2.45) is 5.84 Å². The zero-order chi connectivity index (χ0) is 13.7. The first kappa shape index (κ1) is 14.8. The number of aryl methyl sites for hydroxylation is 1. The molecule has 2 aromatic rings. The molecule has 0 amide bonds. The fraction of sp³-hybridized carbons (Fsp3) is 0.308. The fourth-order valence-electron chi connectivity index (χ4n) is 1.63. The van der Waals surface area contributed by atoms with E-state index in [-0.39, 0.29) is 6.04 Å². The van der Waals surface area contributed by atoms with Crippen molar-refractivity contribution >= 4 is 34.7 Å². The van der Waals surface area contributed by atoms with Crippen molar-refractivity contribution in [2.75, 3.05) is 5.75 Å². The number of thioether (sulfide) groups is 1. The maximum absolute atomic E-state index is 6.13. The summed E-state index contributed by atoms with van der Waals surface area (Å²) < 4.78 is 0. The van der Waals surface area contributed by atoms with Crippen molar-refractivity contribution < 1.29 is 0 Å². The molecule has 19 heavy (non-hydrogen) atoms. The van der Waals surface area contributed by atoms with E-state index in [0.717, 1.165) is 32.8 Å². The molecule has 1 heterocycles. The van der Waals surface area contributed by atoms with Crippen LogP contribution in [0.2, 0.25) is 5.02 Å². The van der Waals surface area contributed by atoms with E-state index >= 15 is 0 Å². The summed E-state index contributed by atoms with van der Waals surface area (Å²) in [5, 5.41) is 3.96. The summed E-state index contributed by atoms with van der Waals surface area (Å²) in [5.74, 6) is 6.47. The minimum absolute atomic E-state index is 0.187. The van der Waals surface area contributed by atoms with Crippen LogP contribution >= 0.6 is 34.7 Å². The molecule has 0 aliphatic carbocycles. The van der Waals surface area contributed by atoms with Crippen molar-refractivity contribution in [2.45, 2.75) is 24.3 Å². The number of nitrogens with two attached hydrogens (primary N) is 1. The molecule has 1 aromatic heterocycles. The van der Waals surface area contributed by atoms with E-state index in [4.69, 9.17) is 17.4 Å². The van der Waals surface area contributed by atoms with Crippen molar-refractivity contribution in [3.05, 3.63) is 45.4 Å². The van der Waals surface area contributed by atoms with Crippen LogP contribution in [0.4, 0.5) is 0 Å². The van der Waals surface area contributed by atoms with Gasteiger partial charge in [-0.05, 0) is 19.1 Å². The van der Waals surface area contributed by atoms with Crippen molar-refractivity contribution in [1.29, 1.82) is 0 Å².